The van der Waals surface area contributed by atoms with E-state index in [0.717, 1.165) is 5.69 Å². The summed E-state index contributed by atoms with van der Waals surface area (Å²) < 4.78 is 0.529. The van der Waals surface area contributed by atoms with Crippen molar-refractivity contribution in [2.75, 3.05) is 17.8 Å². The van der Waals surface area contributed by atoms with Gasteiger partial charge in [0.25, 0.3) is 0 Å². The third kappa shape index (κ3) is 3.61. The Morgan fingerprint density at radius 3 is 2.94 bits per heavy atom. The molecule has 1 aliphatic heterocycles. The first-order chi connectivity index (χ1) is 8.83. The summed E-state index contributed by atoms with van der Waals surface area (Å²) in [4.78, 5) is 4.43. The lowest BCUT2D eigenvalue weighted by molar-refractivity contribution is 1.27. The molecule has 0 saturated carbocycles. The number of aliphatic imine (C=N–C) groups is 1. The molecule has 1 aromatic carbocycles. The van der Waals surface area contributed by atoms with Crippen LogP contribution >= 0.6 is 35.3 Å². The third-order valence-corrected chi connectivity index (χ3v) is 6.04. The van der Waals surface area contributed by atoms with Crippen LogP contribution in [0.15, 0.2) is 29.3 Å². The number of benzene rings is 1. The van der Waals surface area contributed by atoms with E-state index in [1.165, 1.54) is 28.8 Å². The summed E-state index contributed by atoms with van der Waals surface area (Å²) in [5.74, 6) is 2.43. The van der Waals surface area contributed by atoms with Crippen LogP contribution in [-0.2, 0) is 0 Å². The third-order valence-electron chi connectivity index (χ3n) is 2.35. The van der Waals surface area contributed by atoms with E-state index in [1.807, 2.05) is 48.1 Å². The zero-order valence-corrected chi connectivity index (χ0v) is 12.4. The van der Waals surface area contributed by atoms with Crippen LogP contribution in [0.2, 0.25) is 0 Å². The molecule has 94 valence electrons. The molecule has 0 aliphatic carbocycles. The highest BCUT2D eigenvalue weighted by Gasteiger charge is 2.18. The van der Waals surface area contributed by atoms with Crippen LogP contribution in [0.4, 0.5) is 5.69 Å². The van der Waals surface area contributed by atoms with E-state index >= 15 is 0 Å². The van der Waals surface area contributed by atoms with Crippen molar-refractivity contribution >= 4 is 46.1 Å². The van der Waals surface area contributed by atoms with E-state index in [1.54, 1.807) is 0 Å². The molecule has 1 N–H and O–H groups in total. The lowest BCUT2D eigenvalue weighted by Crippen LogP contribution is -2.12. The van der Waals surface area contributed by atoms with E-state index in [9.17, 15) is 0 Å². The Hall–Kier alpha value is -0.770. The standard InChI is InChI=1S/C12H13N3S3/c1-16-12(14-8-13)15-10-4-2-3-9(7-10)11-17-5-6-18-11/h2-4,7,11H,5-6H2,1H3,(H,14,15). The number of nitrogens with one attached hydrogen (secondary N) is 1. The Bertz CT molecular complexity index is 476. The van der Waals surface area contributed by atoms with Crippen molar-refractivity contribution in [1.29, 1.82) is 5.26 Å². The Morgan fingerprint density at radius 1 is 1.50 bits per heavy atom. The van der Waals surface area contributed by atoms with E-state index < -0.39 is 0 Å². The summed E-state index contributed by atoms with van der Waals surface area (Å²) in [6.07, 6.45) is 3.80. The van der Waals surface area contributed by atoms with Crippen LogP contribution in [0, 0.1) is 11.5 Å². The fraction of sp³-hybridized carbons (Fsp3) is 0.333. The molecule has 0 spiro atoms. The Morgan fingerprint density at radius 2 is 2.28 bits per heavy atom. The molecule has 1 aromatic rings. The van der Waals surface area contributed by atoms with Gasteiger partial charge in [0, 0.05) is 11.5 Å². The van der Waals surface area contributed by atoms with Gasteiger partial charge in [-0.1, -0.05) is 23.9 Å². The molecule has 18 heavy (non-hydrogen) atoms. The van der Waals surface area contributed by atoms with Crippen LogP contribution in [0.1, 0.15) is 10.1 Å². The van der Waals surface area contributed by atoms with Crippen molar-refractivity contribution in [3.8, 4) is 6.19 Å². The van der Waals surface area contributed by atoms with Gasteiger partial charge in [-0.25, -0.2) is 4.99 Å². The monoisotopic (exact) mass is 295 g/mol. The summed E-state index contributed by atoms with van der Waals surface area (Å²) in [6.45, 7) is 0. The smallest absolute Gasteiger partial charge is 0.183 e. The molecule has 0 radical (unpaired) electrons. The molecular weight excluding hydrogens is 282 g/mol. The largest absolute Gasteiger partial charge is 0.271 e. The highest BCUT2D eigenvalue weighted by atomic mass is 32.2. The van der Waals surface area contributed by atoms with Gasteiger partial charge >= 0.3 is 0 Å². The van der Waals surface area contributed by atoms with Crippen LogP contribution in [0.25, 0.3) is 0 Å². The van der Waals surface area contributed by atoms with E-state index in [-0.39, 0.29) is 0 Å². The first-order valence-electron chi connectivity index (χ1n) is 5.44. The lowest BCUT2D eigenvalue weighted by atomic mass is 10.2. The first kappa shape index (κ1) is 13.7. The molecule has 6 heteroatoms. The van der Waals surface area contributed by atoms with Crippen molar-refractivity contribution in [3.05, 3.63) is 29.8 Å². The molecule has 3 nitrogen and oxygen atoms in total. The molecule has 1 saturated heterocycles. The molecule has 2 rings (SSSR count). The van der Waals surface area contributed by atoms with Crippen molar-refractivity contribution in [1.82, 2.24) is 5.32 Å². The van der Waals surface area contributed by atoms with Crippen LogP contribution in [0.5, 0.6) is 0 Å². The van der Waals surface area contributed by atoms with Gasteiger partial charge in [0.1, 0.15) is 0 Å². The van der Waals surface area contributed by atoms with Gasteiger partial charge in [0.05, 0.1) is 10.3 Å². The van der Waals surface area contributed by atoms with E-state index in [0.29, 0.717) is 9.75 Å². The molecule has 1 heterocycles. The molecule has 1 aliphatic rings. The number of thioether (sulfide) groups is 3. The minimum Gasteiger partial charge on any atom is -0.271 e. The van der Waals surface area contributed by atoms with Gasteiger partial charge in [-0.15, -0.1) is 23.5 Å². The molecule has 0 unspecified atom stereocenters. The summed E-state index contributed by atoms with van der Waals surface area (Å²) in [5, 5.41) is 11.8. The highest BCUT2D eigenvalue weighted by Crippen LogP contribution is 2.45. The molecule has 1 fully saturated rings. The van der Waals surface area contributed by atoms with Crippen LogP contribution < -0.4 is 5.32 Å². The van der Waals surface area contributed by atoms with E-state index in [4.69, 9.17) is 5.26 Å². The summed E-state index contributed by atoms with van der Waals surface area (Å²) >= 11 is 5.39. The predicted octanol–water partition coefficient (Wildman–Crippen LogP) is 3.59. The van der Waals surface area contributed by atoms with E-state index in [2.05, 4.69) is 22.4 Å². The summed E-state index contributed by atoms with van der Waals surface area (Å²) in [7, 11) is 0. The summed E-state index contributed by atoms with van der Waals surface area (Å²) in [5.41, 5.74) is 2.20. The van der Waals surface area contributed by atoms with Crippen molar-refractivity contribution in [2.45, 2.75) is 4.58 Å². The minimum atomic E-state index is 0.529. The summed E-state index contributed by atoms with van der Waals surface area (Å²) in [6, 6.07) is 8.23. The number of amidine groups is 1. The average molecular weight is 295 g/mol. The topological polar surface area (TPSA) is 48.2 Å². The van der Waals surface area contributed by atoms with Gasteiger partial charge in [-0.2, -0.15) is 5.26 Å². The normalized spacial score (nSPS) is 16.6. The number of nitriles is 1. The van der Waals surface area contributed by atoms with Gasteiger partial charge in [-0.3, -0.25) is 5.32 Å². The lowest BCUT2D eigenvalue weighted by Gasteiger charge is -2.08. The maximum atomic E-state index is 8.61. The predicted molar refractivity (Wildman–Crippen MR) is 83.5 cm³/mol. The van der Waals surface area contributed by atoms with Crippen molar-refractivity contribution in [2.24, 2.45) is 4.99 Å². The maximum absolute atomic E-state index is 8.61. The fourth-order valence-electron chi connectivity index (χ4n) is 1.58. The van der Waals surface area contributed by atoms with Gasteiger partial charge < -0.3 is 0 Å². The van der Waals surface area contributed by atoms with Crippen molar-refractivity contribution in [3.63, 3.8) is 0 Å². The molecule has 0 atom stereocenters. The van der Waals surface area contributed by atoms with Gasteiger partial charge in [-0.05, 0) is 24.0 Å². The first-order valence-corrected chi connectivity index (χ1v) is 8.76. The van der Waals surface area contributed by atoms with Gasteiger partial charge in [0.2, 0.25) is 0 Å². The van der Waals surface area contributed by atoms with Crippen molar-refractivity contribution < 1.29 is 0 Å². The number of hydrogen-bond donors (Lipinski definition) is 1. The second kappa shape index (κ2) is 6.98. The SMILES string of the molecule is CSC(=Nc1cccc(C2SCCS2)c1)NC#N. The number of rotatable bonds is 2. The Kier molecular flexibility index (Phi) is 5.29. The van der Waals surface area contributed by atoms with Crippen LogP contribution in [-0.4, -0.2) is 22.9 Å². The molecule has 0 amide bonds. The Labute approximate surface area is 120 Å². The highest BCUT2D eigenvalue weighted by molar-refractivity contribution is 8.19. The average Bonchev–Trinajstić information content (AvgIpc) is 2.92. The number of nitrogens with zero attached hydrogens (tertiary/aromatic N) is 2. The van der Waals surface area contributed by atoms with Gasteiger partial charge in [0.15, 0.2) is 11.4 Å². The zero-order chi connectivity index (χ0) is 12.8. The maximum Gasteiger partial charge on any atom is 0.183 e. The minimum absolute atomic E-state index is 0.529. The zero-order valence-electron chi connectivity index (χ0n) is 9.92. The fourth-order valence-corrected chi connectivity index (χ4v) is 4.76. The molecule has 0 bridgehead atoms. The number of hydrogen-bond acceptors (Lipinski definition) is 5. The second-order valence-corrected chi connectivity index (χ2v) is 7.05. The van der Waals surface area contributed by atoms with Crippen LogP contribution in [0.3, 0.4) is 0 Å². The quantitative estimate of drug-likeness (QED) is 0.391. The second-order valence-electron chi connectivity index (χ2n) is 3.53. The molecule has 0 aromatic heterocycles. The molecular formula is C12H13N3S3. The Balaban J connectivity index is 2.18.